The lowest BCUT2D eigenvalue weighted by Crippen LogP contribution is -2.29. The first-order valence-electron chi connectivity index (χ1n) is 5.83. The summed E-state index contributed by atoms with van der Waals surface area (Å²) in [5, 5.41) is 0. The van der Waals surface area contributed by atoms with Crippen molar-refractivity contribution in [3.05, 3.63) is 0 Å². The molecule has 0 amide bonds. The van der Waals surface area contributed by atoms with Gasteiger partial charge in [0, 0.05) is 0 Å². The molecule has 0 bridgehead atoms. The number of methoxy groups -OCH3 is 2. The summed E-state index contributed by atoms with van der Waals surface area (Å²) in [7, 11) is 2.72. The Morgan fingerprint density at radius 3 is 2.25 bits per heavy atom. The third-order valence-electron chi connectivity index (χ3n) is 3.34. The molecule has 1 aliphatic rings. The van der Waals surface area contributed by atoms with Gasteiger partial charge in [0.05, 0.1) is 26.6 Å². The zero-order valence-electron chi connectivity index (χ0n) is 10.0. The van der Waals surface area contributed by atoms with Crippen molar-refractivity contribution in [2.24, 2.45) is 11.8 Å². The van der Waals surface area contributed by atoms with E-state index in [4.69, 9.17) is 4.74 Å². The highest BCUT2D eigenvalue weighted by atomic mass is 16.5. The molecule has 0 aliphatic heterocycles. The van der Waals surface area contributed by atoms with Gasteiger partial charge in [-0.1, -0.05) is 19.3 Å². The van der Waals surface area contributed by atoms with Gasteiger partial charge in [0.2, 0.25) is 0 Å². The molecule has 1 aliphatic carbocycles. The number of carbonyl (C=O) groups is 2. The van der Waals surface area contributed by atoms with Gasteiger partial charge >= 0.3 is 11.9 Å². The number of rotatable bonds is 4. The van der Waals surface area contributed by atoms with Gasteiger partial charge in [-0.25, -0.2) is 0 Å². The molecule has 0 radical (unpaired) electrons. The van der Waals surface area contributed by atoms with Crippen LogP contribution in [-0.4, -0.2) is 26.2 Å². The van der Waals surface area contributed by atoms with E-state index in [9.17, 15) is 9.59 Å². The number of esters is 2. The highest BCUT2D eigenvalue weighted by molar-refractivity contribution is 5.80. The van der Waals surface area contributed by atoms with E-state index in [1.54, 1.807) is 0 Å². The smallest absolute Gasteiger partial charge is 0.309 e. The molecule has 1 atom stereocenters. The summed E-state index contributed by atoms with van der Waals surface area (Å²) in [4.78, 5) is 22.9. The lowest BCUT2D eigenvalue weighted by Gasteiger charge is -2.27. The first-order chi connectivity index (χ1) is 7.69. The van der Waals surface area contributed by atoms with Crippen molar-refractivity contribution in [3.8, 4) is 0 Å². The average Bonchev–Trinajstić information content (AvgIpc) is 2.35. The first-order valence-corrected chi connectivity index (χ1v) is 5.83. The van der Waals surface area contributed by atoms with E-state index in [0.717, 1.165) is 25.7 Å². The van der Waals surface area contributed by atoms with E-state index in [1.807, 2.05) is 0 Å². The molecular weight excluding hydrogens is 208 g/mol. The topological polar surface area (TPSA) is 52.6 Å². The Balaban J connectivity index is 2.61. The van der Waals surface area contributed by atoms with Crippen LogP contribution in [0, 0.1) is 11.8 Å². The van der Waals surface area contributed by atoms with Crippen molar-refractivity contribution < 1.29 is 19.1 Å². The van der Waals surface area contributed by atoms with Gasteiger partial charge in [-0.05, 0) is 18.8 Å². The average molecular weight is 228 g/mol. The first kappa shape index (κ1) is 13.0. The molecule has 0 aromatic rings. The maximum absolute atomic E-state index is 11.6. The number of carbonyl (C=O) groups excluding carboxylic acids is 2. The zero-order chi connectivity index (χ0) is 12.0. The van der Waals surface area contributed by atoms with Crippen LogP contribution >= 0.6 is 0 Å². The van der Waals surface area contributed by atoms with Crippen LogP contribution < -0.4 is 0 Å². The molecule has 0 spiro atoms. The molecule has 1 rings (SSSR count). The second-order valence-corrected chi connectivity index (χ2v) is 4.31. The summed E-state index contributed by atoms with van der Waals surface area (Å²) in [5.74, 6) is -0.656. The van der Waals surface area contributed by atoms with Crippen molar-refractivity contribution in [1.82, 2.24) is 0 Å². The second kappa shape index (κ2) is 6.51. The lowest BCUT2D eigenvalue weighted by molar-refractivity contribution is -0.154. The molecule has 0 aromatic heterocycles. The molecule has 16 heavy (non-hydrogen) atoms. The monoisotopic (exact) mass is 228 g/mol. The minimum atomic E-state index is -0.332. The van der Waals surface area contributed by atoms with Gasteiger partial charge in [-0.2, -0.15) is 0 Å². The molecule has 0 saturated heterocycles. The Morgan fingerprint density at radius 2 is 1.75 bits per heavy atom. The van der Waals surface area contributed by atoms with E-state index in [2.05, 4.69) is 4.74 Å². The fourth-order valence-electron chi connectivity index (χ4n) is 2.39. The van der Waals surface area contributed by atoms with E-state index in [0.29, 0.717) is 0 Å². The quantitative estimate of drug-likeness (QED) is 0.690. The maximum Gasteiger partial charge on any atom is 0.309 e. The Kier molecular flexibility index (Phi) is 5.29. The molecular formula is C12H20O4. The molecule has 1 saturated carbocycles. The molecule has 4 nitrogen and oxygen atoms in total. The Morgan fingerprint density at radius 1 is 1.12 bits per heavy atom. The number of hydrogen-bond donors (Lipinski definition) is 0. The van der Waals surface area contributed by atoms with Crippen LogP contribution in [0.3, 0.4) is 0 Å². The highest BCUT2D eigenvalue weighted by Crippen LogP contribution is 2.32. The Hall–Kier alpha value is -1.06. The summed E-state index contributed by atoms with van der Waals surface area (Å²) in [6, 6.07) is 0. The van der Waals surface area contributed by atoms with Crippen LogP contribution in [0.25, 0.3) is 0 Å². The van der Waals surface area contributed by atoms with E-state index in [-0.39, 0.29) is 30.2 Å². The molecule has 1 fully saturated rings. The maximum atomic E-state index is 11.6. The van der Waals surface area contributed by atoms with E-state index >= 15 is 0 Å². The molecule has 0 aromatic carbocycles. The predicted octanol–water partition coefficient (Wildman–Crippen LogP) is 1.92. The van der Waals surface area contributed by atoms with E-state index in [1.165, 1.54) is 20.6 Å². The summed E-state index contributed by atoms with van der Waals surface area (Å²) >= 11 is 0. The summed E-state index contributed by atoms with van der Waals surface area (Å²) < 4.78 is 9.38. The van der Waals surface area contributed by atoms with Gasteiger partial charge < -0.3 is 9.47 Å². The van der Waals surface area contributed by atoms with Crippen LogP contribution in [0.4, 0.5) is 0 Å². The standard InChI is InChI=1S/C12H20O4/c1-15-11(13)8-10(12(14)16-2)9-6-4-3-5-7-9/h9-10H,3-8H2,1-2H3. The minimum absolute atomic E-state index is 0.147. The molecule has 0 N–H and O–H groups in total. The van der Waals surface area contributed by atoms with E-state index < -0.39 is 0 Å². The highest BCUT2D eigenvalue weighted by Gasteiger charge is 2.32. The lowest BCUT2D eigenvalue weighted by atomic mass is 9.78. The van der Waals surface area contributed by atoms with Crippen molar-refractivity contribution >= 4 is 11.9 Å². The fraction of sp³-hybridized carbons (Fsp3) is 0.833. The van der Waals surface area contributed by atoms with Crippen LogP contribution in [0.1, 0.15) is 38.5 Å². The third kappa shape index (κ3) is 3.51. The van der Waals surface area contributed by atoms with Gasteiger partial charge in [0.1, 0.15) is 0 Å². The van der Waals surface area contributed by atoms with Gasteiger partial charge in [-0.15, -0.1) is 0 Å². The largest absolute Gasteiger partial charge is 0.469 e. The SMILES string of the molecule is COC(=O)CC(C(=O)OC)C1CCCCC1. The zero-order valence-corrected chi connectivity index (χ0v) is 10.0. The van der Waals surface area contributed by atoms with Gasteiger partial charge in [0.15, 0.2) is 0 Å². The number of hydrogen-bond acceptors (Lipinski definition) is 4. The minimum Gasteiger partial charge on any atom is -0.469 e. The third-order valence-corrected chi connectivity index (χ3v) is 3.34. The van der Waals surface area contributed by atoms with Crippen molar-refractivity contribution in [2.45, 2.75) is 38.5 Å². The van der Waals surface area contributed by atoms with Crippen molar-refractivity contribution in [2.75, 3.05) is 14.2 Å². The Bertz CT molecular complexity index is 243. The fourth-order valence-corrected chi connectivity index (χ4v) is 2.39. The van der Waals surface area contributed by atoms with Crippen LogP contribution in [0.15, 0.2) is 0 Å². The van der Waals surface area contributed by atoms with Crippen LogP contribution in [-0.2, 0) is 19.1 Å². The van der Waals surface area contributed by atoms with Crippen LogP contribution in [0.2, 0.25) is 0 Å². The Labute approximate surface area is 96.3 Å². The molecule has 1 unspecified atom stereocenters. The van der Waals surface area contributed by atoms with Crippen molar-refractivity contribution in [3.63, 3.8) is 0 Å². The molecule has 4 heteroatoms. The summed E-state index contributed by atoms with van der Waals surface area (Å²) in [6.45, 7) is 0. The molecule has 92 valence electrons. The second-order valence-electron chi connectivity index (χ2n) is 4.31. The van der Waals surface area contributed by atoms with Crippen molar-refractivity contribution in [1.29, 1.82) is 0 Å². The normalized spacial score (nSPS) is 18.9. The summed E-state index contributed by atoms with van der Waals surface area (Å²) in [5.41, 5.74) is 0. The summed E-state index contributed by atoms with van der Waals surface area (Å²) in [6.07, 6.45) is 5.67. The molecule has 0 heterocycles. The number of ether oxygens (including phenoxy) is 2. The predicted molar refractivity (Wildman–Crippen MR) is 58.7 cm³/mol. The van der Waals surface area contributed by atoms with Gasteiger partial charge in [-0.3, -0.25) is 9.59 Å². The van der Waals surface area contributed by atoms with Crippen LogP contribution in [0.5, 0.6) is 0 Å². The van der Waals surface area contributed by atoms with Gasteiger partial charge in [0.25, 0.3) is 0 Å².